The number of hydrogen-bond donors (Lipinski definition) is 1. The van der Waals surface area contributed by atoms with E-state index in [1.165, 1.54) is 6.26 Å². The Morgan fingerprint density at radius 2 is 2.41 bits per heavy atom. The molecule has 17 heavy (non-hydrogen) atoms. The lowest BCUT2D eigenvalue weighted by atomic mass is 10.1. The van der Waals surface area contributed by atoms with Gasteiger partial charge in [-0.05, 0) is 12.8 Å². The first-order valence-electron chi connectivity index (χ1n) is 5.60. The van der Waals surface area contributed by atoms with Crippen molar-refractivity contribution in [1.29, 1.82) is 5.26 Å². The molecule has 0 aromatic carbocycles. The highest BCUT2D eigenvalue weighted by molar-refractivity contribution is 5.92. The van der Waals surface area contributed by atoms with Crippen LogP contribution in [0.15, 0.2) is 16.9 Å². The molecule has 0 saturated carbocycles. The molecular weight excluding hydrogens is 220 g/mol. The van der Waals surface area contributed by atoms with Crippen molar-refractivity contribution in [1.82, 2.24) is 15.4 Å². The minimum atomic E-state index is -0.197. The molecule has 2 heterocycles. The molecule has 1 aliphatic rings. The van der Waals surface area contributed by atoms with Crippen molar-refractivity contribution in [2.75, 3.05) is 19.6 Å². The predicted molar refractivity (Wildman–Crippen MR) is 59.0 cm³/mol. The van der Waals surface area contributed by atoms with Crippen molar-refractivity contribution in [2.24, 2.45) is 0 Å². The molecule has 0 aliphatic carbocycles. The molecule has 6 nitrogen and oxygen atoms in total. The number of likely N-dealkylation sites (tertiary alicyclic amines) is 1. The normalized spacial score (nSPS) is 17.6. The van der Waals surface area contributed by atoms with Crippen molar-refractivity contribution in [3.63, 3.8) is 0 Å². The Hall–Kier alpha value is -1.87. The average Bonchev–Trinajstić information content (AvgIpc) is 2.86. The molecule has 1 aromatic rings. The van der Waals surface area contributed by atoms with Crippen LogP contribution in [0.4, 0.5) is 0 Å². The Labute approximate surface area is 99.2 Å². The summed E-state index contributed by atoms with van der Waals surface area (Å²) in [6.07, 6.45) is 3.11. The Morgan fingerprint density at radius 1 is 1.65 bits per heavy atom. The van der Waals surface area contributed by atoms with E-state index in [1.54, 1.807) is 6.07 Å². The lowest BCUT2D eigenvalue weighted by Gasteiger charge is -2.30. The highest BCUT2D eigenvalue weighted by atomic mass is 16.5. The number of nitriles is 1. The topological polar surface area (TPSA) is 82.2 Å². The second kappa shape index (κ2) is 5.46. The first kappa shape index (κ1) is 11.6. The van der Waals surface area contributed by atoms with E-state index in [9.17, 15) is 4.79 Å². The van der Waals surface area contributed by atoms with Gasteiger partial charge in [0.1, 0.15) is 6.26 Å². The van der Waals surface area contributed by atoms with Gasteiger partial charge in [0.2, 0.25) is 0 Å². The number of carbonyl (C=O) groups is 1. The van der Waals surface area contributed by atoms with Gasteiger partial charge in [0.15, 0.2) is 5.69 Å². The molecule has 2 rings (SSSR count). The number of hydrogen-bond acceptors (Lipinski definition) is 5. The first-order chi connectivity index (χ1) is 8.29. The fraction of sp³-hybridized carbons (Fsp3) is 0.545. The predicted octanol–water partition coefficient (Wildman–Crippen LogP) is 0.392. The molecule has 1 N–H and O–H groups in total. The van der Waals surface area contributed by atoms with Gasteiger partial charge in [0.05, 0.1) is 12.6 Å². The third kappa shape index (κ3) is 3.04. The lowest BCUT2D eigenvalue weighted by Crippen LogP contribution is -2.44. The van der Waals surface area contributed by atoms with Crippen LogP contribution in [0.3, 0.4) is 0 Å². The zero-order valence-electron chi connectivity index (χ0n) is 9.43. The van der Waals surface area contributed by atoms with Crippen LogP contribution in [0.1, 0.15) is 23.3 Å². The monoisotopic (exact) mass is 234 g/mol. The number of piperidine rings is 1. The maximum absolute atomic E-state index is 11.7. The Kier molecular flexibility index (Phi) is 3.73. The quantitative estimate of drug-likeness (QED) is 0.765. The maximum Gasteiger partial charge on any atom is 0.273 e. The van der Waals surface area contributed by atoms with Gasteiger partial charge in [0, 0.05) is 25.2 Å². The summed E-state index contributed by atoms with van der Waals surface area (Å²) in [6.45, 7) is 2.15. The van der Waals surface area contributed by atoms with Gasteiger partial charge in [0.25, 0.3) is 5.91 Å². The molecule has 0 radical (unpaired) electrons. The minimum absolute atomic E-state index is 0.161. The van der Waals surface area contributed by atoms with E-state index in [1.807, 2.05) is 0 Å². The van der Waals surface area contributed by atoms with Gasteiger partial charge in [-0.1, -0.05) is 5.16 Å². The molecular formula is C11H14N4O2. The SMILES string of the molecule is N#CCN1CCC(NC(=O)c2ccon2)CC1. The van der Waals surface area contributed by atoms with E-state index in [4.69, 9.17) is 5.26 Å². The van der Waals surface area contributed by atoms with E-state index in [0.717, 1.165) is 25.9 Å². The van der Waals surface area contributed by atoms with E-state index < -0.39 is 0 Å². The largest absolute Gasteiger partial charge is 0.364 e. The number of nitrogens with one attached hydrogen (secondary N) is 1. The zero-order valence-corrected chi connectivity index (χ0v) is 9.43. The number of rotatable bonds is 3. The number of aromatic nitrogens is 1. The third-order valence-electron chi connectivity index (χ3n) is 2.89. The number of amides is 1. The van der Waals surface area contributed by atoms with Crippen molar-refractivity contribution in [3.8, 4) is 6.07 Å². The summed E-state index contributed by atoms with van der Waals surface area (Å²) < 4.78 is 4.62. The molecule has 0 atom stereocenters. The maximum atomic E-state index is 11.7. The second-order valence-corrected chi connectivity index (χ2v) is 4.07. The first-order valence-corrected chi connectivity index (χ1v) is 5.60. The zero-order chi connectivity index (χ0) is 12.1. The molecule has 1 aliphatic heterocycles. The van der Waals surface area contributed by atoms with E-state index >= 15 is 0 Å². The van der Waals surface area contributed by atoms with Gasteiger partial charge < -0.3 is 9.84 Å². The van der Waals surface area contributed by atoms with Crippen molar-refractivity contribution in [3.05, 3.63) is 18.0 Å². The number of carbonyl (C=O) groups excluding carboxylic acids is 1. The van der Waals surface area contributed by atoms with Crippen LogP contribution in [0.2, 0.25) is 0 Å². The highest BCUT2D eigenvalue weighted by Gasteiger charge is 2.21. The van der Waals surface area contributed by atoms with Gasteiger partial charge in [-0.15, -0.1) is 0 Å². The molecule has 0 bridgehead atoms. The fourth-order valence-electron chi connectivity index (χ4n) is 1.92. The Morgan fingerprint density at radius 3 is 3.00 bits per heavy atom. The van der Waals surface area contributed by atoms with Crippen LogP contribution >= 0.6 is 0 Å². The van der Waals surface area contributed by atoms with Crippen molar-refractivity contribution in [2.45, 2.75) is 18.9 Å². The van der Waals surface area contributed by atoms with Crippen molar-refractivity contribution < 1.29 is 9.32 Å². The summed E-state index contributed by atoms with van der Waals surface area (Å²) in [5, 5.41) is 15.1. The third-order valence-corrected chi connectivity index (χ3v) is 2.89. The summed E-state index contributed by atoms with van der Waals surface area (Å²) in [4.78, 5) is 13.8. The summed E-state index contributed by atoms with van der Waals surface area (Å²) in [6, 6.07) is 3.83. The molecule has 90 valence electrons. The second-order valence-electron chi connectivity index (χ2n) is 4.07. The van der Waals surface area contributed by atoms with E-state index in [-0.39, 0.29) is 11.9 Å². The molecule has 1 amide bonds. The van der Waals surface area contributed by atoms with Gasteiger partial charge in [-0.2, -0.15) is 5.26 Å². The summed E-state index contributed by atoms with van der Waals surface area (Å²) in [5.41, 5.74) is 0.310. The molecule has 1 aromatic heterocycles. The molecule has 1 saturated heterocycles. The van der Waals surface area contributed by atoms with Gasteiger partial charge in [-0.3, -0.25) is 9.69 Å². The van der Waals surface area contributed by atoms with Crippen LogP contribution in [-0.2, 0) is 0 Å². The van der Waals surface area contributed by atoms with Crippen LogP contribution in [0.5, 0.6) is 0 Å². The minimum Gasteiger partial charge on any atom is -0.364 e. The molecule has 1 fully saturated rings. The Bertz CT molecular complexity index is 402. The Balaban J connectivity index is 1.79. The van der Waals surface area contributed by atoms with Crippen LogP contribution in [-0.4, -0.2) is 41.6 Å². The molecule has 6 heteroatoms. The highest BCUT2D eigenvalue weighted by Crippen LogP contribution is 2.10. The molecule has 0 spiro atoms. The molecule has 0 unspecified atom stereocenters. The lowest BCUT2D eigenvalue weighted by molar-refractivity contribution is 0.0905. The van der Waals surface area contributed by atoms with E-state index in [2.05, 4.69) is 26.0 Å². The summed E-state index contributed by atoms with van der Waals surface area (Å²) >= 11 is 0. The van der Waals surface area contributed by atoms with Crippen LogP contribution in [0.25, 0.3) is 0 Å². The van der Waals surface area contributed by atoms with E-state index in [0.29, 0.717) is 12.2 Å². The van der Waals surface area contributed by atoms with Gasteiger partial charge in [-0.25, -0.2) is 0 Å². The smallest absolute Gasteiger partial charge is 0.273 e. The van der Waals surface area contributed by atoms with Crippen LogP contribution in [0, 0.1) is 11.3 Å². The fourth-order valence-corrected chi connectivity index (χ4v) is 1.92. The van der Waals surface area contributed by atoms with Crippen molar-refractivity contribution >= 4 is 5.91 Å². The summed E-state index contributed by atoms with van der Waals surface area (Å²) in [5.74, 6) is -0.197. The van der Waals surface area contributed by atoms with Gasteiger partial charge >= 0.3 is 0 Å². The number of nitrogens with zero attached hydrogens (tertiary/aromatic N) is 3. The summed E-state index contributed by atoms with van der Waals surface area (Å²) in [7, 11) is 0. The van der Waals surface area contributed by atoms with Crippen LogP contribution < -0.4 is 5.32 Å². The average molecular weight is 234 g/mol. The standard InChI is InChI=1S/C11H14N4O2/c12-4-7-15-5-1-9(2-6-15)13-11(16)10-3-8-17-14-10/h3,8-9H,1-2,5-7H2,(H,13,16).